The van der Waals surface area contributed by atoms with Gasteiger partial charge in [-0.3, -0.25) is 4.79 Å². The first-order chi connectivity index (χ1) is 12.5. The van der Waals surface area contributed by atoms with Crippen molar-refractivity contribution in [3.63, 3.8) is 0 Å². The highest BCUT2D eigenvalue weighted by atomic mass is 32.2. The predicted molar refractivity (Wildman–Crippen MR) is 104 cm³/mol. The molecule has 0 aliphatic rings. The molecule has 0 spiro atoms. The van der Waals surface area contributed by atoms with E-state index in [1.807, 2.05) is 62.4 Å². The van der Waals surface area contributed by atoms with Crippen LogP contribution in [0.3, 0.4) is 0 Å². The molecule has 0 aliphatic carbocycles. The number of benzene rings is 2. The van der Waals surface area contributed by atoms with Crippen molar-refractivity contribution < 1.29 is 4.79 Å². The molecular formula is C19H21N5OS. The van der Waals surface area contributed by atoms with E-state index in [9.17, 15) is 4.79 Å². The second-order valence-electron chi connectivity index (χ2n) is 6.03. The molecule has 7 heteroatoms. The van der Waals surface area contributed by atoms with Crippen LogP contribution >= 0.6 is 11.8 Å². The van der Waals surface area contributed by atoms with Crippen molar-refractivity contribution in [2.45, 2.75) is 25.5 Å². The topological polar surface area (TPSA) is 85.8 Å². The van der Waals surface area contributed by atoms with Gasteiger partial charge < -0.3 is 11.2 Å². The molecule has 3 aromatic rings. The summed E-state index contributed by atoms with van der Waals surface area (Å²) in [5, 5.41) is 11.6. The van der Waals surface area contributed by atoms with E-state index in [4.69, 9.17) is 5.84 Å². The molecule has 0 saturated heterocycles. The van der Waals surface area contributed by atoms with Gasteiger partial charge in [-0.1, -0.05) is 65.9 Å². The molecule has 134 valence electrons. The Hall–Kier alpha value is -2.80. The average molecular weight is 367 g/mol. The molecule has 2 aromatic carbocycles. The standard InChI is InChI=1S/C19H21N5OS/c1-13-7-9-15(10-8-13)18-22-23-19(24(18)20)26-12-17(25)21-11-16-6-4-3-5-14(16)2/h3-10H,11-12,20H2,1-2H3,(H,21,25). The quantitative estimate of drug-likeness (QED) is 0.517. The Kier molecular flexibility index (Phi) is 5.58. The summed E-state index contributed by atoms with van der Waals surface area (Å²) in [7, 11) is 0. The molecule has 1 aromatic heterocycles. The van der Waals surface area contributed by atoms with Crippen LogP contribution in [-0.4, -0.2) is 26.5 Å². The van der Waals surface area contributed by atoms with Crippen LogP contribution in [0.15, 0.2) is 53.7 Å². The van der Waals surface area contributed by atoms with Gasteiger partial charge in [0.15, 0.2) is 5.82 Å². The summed E-state index contributed by atoms with van der Waals surface area (Å²) >= 11 is 1.27. The van der Waals surface area contributed by atoms with Crippen LogP contribution in [0.2, 0.25) is 0 Å². The Morgan fingerprint density at radius 2 is 1.85 bits per heavy atom. The van der Waals surface area contributed by atoms with Gasteiger partial charge in [-0.2, -0.15) is 0 Å². The maximum absolute atomic E-state index is 12.1. The van der Waals surface area contributed by atoms with Gasteiger partial charge in [0, 0.05) is 12.1 Å². The van der Waals surface area contributed by atoms with E-state index >= 15 is 0 Å². The number of carbonyl (C=O) groups excluding carboxylic acids is 1. The first-order valence-electron chi connectivity index (χ1n) is 8.26. The number of nitrogen functional groups attached to an aromatic ring is 1. The Morgan fingerprint density at radius 3 is 2.58 bits per heavy atom. The number of aryl methyl sites for hydroxylation is 2. The number of carbonyl (C=O) groups is 1. The van der Waals surface area contributed by atoms with Crippen molar-refractivity contribution >= 4 is 17.7 Å². The van der Waals surface area contributed by atoms with Gasteiger partial charge in [0.2, 0.25) is 11.1 Å². The van der Waals surface area contributed by atoms with Crippen LogP contribution in [0.1, 0.15) is 16.7 Å². The normalized spacial score (nSPS) is 10.7. The van der Waals surface area contributed by atoms with E-state index < -0.39 is 0 Å². The molecule has 3 N–H and O–H groups in total. The highest BCUT2D eigenvalue weighted by molar-refractivity contribution is 7.99. The zero-order chi connectivity index (χ0) is 18.5. The maximum Gasteiger partial charge on any atom is 0.230 e. The highest BCUT2D eigenvalue weighted by Gasteiger charge is 2.13. The second kappa shape index (κ2) is 8.05. The van der Waals surface area contributed by atoms with Crippen LogP contribution in [-0.2, 0) is 11.3 Å². The fourth-order valence-electron chi connectivity index (χ4n) is 2.46. The first-order valence-corrected chi connectivity index (χ1v) is 9.24. The lowest BCUT2D eigenvalue weighted by Crippen LogP contribution is -2.25. The largest absolute Gasteiger partial charge is 0.351 e. The molecule has 1 heterocycles. The lowest BCUT2D eigenvalue weighted by molar-refractivity contribution is -0.118. The number of nitrogens with one attached hydrogen (secondary N) is 1. The monoisotopic (exact) mass is 367 g/mol. The molecule has 0 bridgehead atoms. The van der Waals surface area contributed by atoms with E-state index in [0.717, 1.165) is 22.3 Å². The van der Waals surface area contributed by atoms with E-state index in [2.05, 4.69) is 15.5 Å². The molecule has 1 amide bonds. The number of hydrogen-bond donors (Lipinski definition) is 2. The predicted octanol–water partition coefficient (Wildman–Crippen LogP) is 2.68. The third-order valence-corrected chi connectivity index (χ3v) is 4.99. The minimum atomic E-state index is -0.0712. The van der Waals surface area contributed by atoms with Crippen LogP contribution in [0.5, 0.6) is 0 Å². The summed E-state index contributed by atoms with van der Waals surface area (Å²) in [4.78, 5) is 12.1. The van der Waals surface area contributed by atoms with Crippen LogP contribution < -0.4 is 11.2 Å². The number of rotatable bonds is 6. The minimum absolute atomic E-state index is 0.0712. The van der Waals surface area contributed by atoms with Gasteiger partial charge in [-0.25, -0.2) is 4.68 Å². The molecule has 0 fully saturated rings. The van der Waals surface area contributed by atoms with E-state index in [1.165, 1.54) is 16.4 Å². The number of amides is 1. The third kappa shape index (κ3) is 4.23. The van der Waals surface area contributed by atoms with Crippen molar-refractivity contribution in [2.75, 3.05) is 11.6 Å². The van der Waals surface area contributed by atoms with Gasteiger partial charge in [-0.15, -0.1) is 10.2 Å². The molecule has 0 atom stereocenters. The van der Waals surface area contributed by atoms with Crippen LogP contribution in [0.25, 0.3) is 11.4 Å². The van der Waals surface area contributed by atoms with E-state index in [1.54, 1.807) is 0 Å². The Labute approximate surface area is 156 Å². The lowest BCUT2D eigenvalue weighted by atomic mass is 10.1. The first kappa shape index (κ1) is 18.0. The lowest BCUT2D eigenvalue weighted by Gasteiger charge is -2.08. The fourth-order valence-corrected chi connectivity index (χ4v) is 3.14. The minimum Gasteiger partial charge on any atom is -0.351 e. The number of thioether (sulfide) groups is 1. The van der Waals surface area contributed by atoms with Gasteiger partial charge in [0.25, 0.3) is 0 Å². The van der Waals surface area contributed by atoms with Crippen LogP contribution in [0.4, 0.5) is 0 Å². The summed E-state index contributed by atoms with van der Waals surface area (Å²) in [6.07, 6.45) is 0. The maximum atomic E-state index is 12.1. The SMILES string of the molecule is Cc1ccc(-c2nnc(SCC(=O)NCc3ccccc3C)n2N)cc1. The summed E-state index contributed by atoms with van der Waals surface area (Å²) in [6.45, 7) is 4.56. The van der Waals surface area contributed by atoms with E-state index in [0.29, 0.717) is 17.5 Å². The summed E-state index contributed by atoms with van der Waals surface area (Å²) in [6, 6.07) is 15.9. The molecule has 26 heavy (non-hydrogen) atoms. The molecule has 3 rings (SSSR count). The zero-order valence-corrected chi connectivity index (χ0v) is 15.6. The van der Waals surface area contributed by atoms with Crippen LogP contribution in [0, 0.1) is 13.8 Å². The Bertz CT molecular complexity index is 905. The highest BCUT2D eigenvalue weighted by Crippen LogP contribution is 2.21. The molecular weight excluding hydrogens is 346 g/mol. The number of aromatic nitrogens is 3. The molecule has 0 aliphatic heterocycles. The molecule has 0 saturated carbocycles. The van der Waals surface area contributed by atoms with Crippen molar-refractivity contribution in [3.8, 4) is 11.4 Å². The molecule has 6 nitrogen and oxygen atoms in total. The third-order valence-electron chi connectivity index (χ3n) is 4.04. The zero-order valence-electron chi connectivity index (χ0n) is 14.8. The average Bonchev–Trinajstić information content (AvgIpc) is 3.00. The summed E-state index contributed by atoms with van der Waals surface area (Å²) < 4.78 is 1.42. The van der Waals surface area contributed by atoms with Crippen molar-refractivity contribution in [1.29, 1.82) is 0 Å². The number of hydrogen-bond acceptors (Lipinski definition) is 5. The molecule has 0 radical (unpaired) electrons. The van der Waals surface area contributed by atoms with Gasteiger partial charge >= 0.3 is 0 Å². The van der Waals surface area contributed by atoms with Gasteiger partial charge in [0.05, 0.1) is 5.75 Å². The second-order valence-corrected chi connectivity index (χ2v) is 6.98. The number of nitrogens with zero attached hydrogens (tertiary/aromatic N) is 3. The molecule has 0 unspecified atom stereocenters. The van der Waals surface area contributed by atoms with Gasteiger partial charge in [0.1, 0.15) is 0 Å². The smallest absolute Gasteiger partial charge is 0.230 e. The van der Waals surface area contributed by atoms with E-state index in [-0.39, 0.29) is 11.7 Å². The summed E-state index contributed by atoms with van der Waals surface area (Å²) in [5.41, 5.74) is 4.32. The van der Waals surface area contributed by atoms with Crippen molar-refractivity contribution in [1.82, 2.24) is 20.2 Å². The van der Waals surface area contributed by atoms with Gasteiger partial charge in [-0.05, 0) is 25.0 Å². The Morgan fingerprint density at radius 1 is 1.12 bits per heavy atom. The fraction of sp³-hybridized carbons (Fsp3) is 0.211. The summed E-state index contributed by atoms with van der Waals surface area (Å²) in [5.74, 6) is 6.82. The van der Waals surface area contributed by atoms with Crippen molar-refractivity contribution in [3.05, 3.63) is 65.2 Å². The Balaban J connectivity index is 1.57. The number of nitrogens with two attached hydrogens (primary N) is 1. The van der Waals surface area contributed by atoms with Crippen molar-refractivity contribution in [2.24, 2.45) is 0 Å².